The molecule has 0 aromatic carbocycles. The summed E-state index contributed by atoms with van der Waals surface area (Å²) in [5.41, 5.74) is 1.99. The van der Waals surface area contributed by atoms with E-state index in [1.807, 2.05) is 6.92 Å². The van der Waals surface area contributed by atoms with Gasteiger partial charge in [0.1, 0.15) is 5.69 Å². The molecule has 0 bridgehead atoms. The number of aliphatic hydroxyl groups is 1. The Labute approximate surface area is 118 Å². The fourth-order valence-corrected chi connectivity index (χ4v) is 2.16. The summed E-state index contributed by atoms with van der Waals surface area (Å²) in [6.07, 6.45) is 0. The maximum absolute atomic E-state index is 12.4. The second-order valence-electron chi connectivity index (χ2n) is 4.45. The van der Waals surface area contributed by atoms with Gasteiger partial charge >= 0.3 is 5.97 Å². The van der Waals surface area contributed by atoms with Crippen LogP contribution in [-0.4, -0.2) is 53.2 Å². The summed E-state index contributed by atoms with van der Waals surface area (Å²) in [4.78, 5) is 28.7. The van der Waals surface area contributed by atoms with Crippen molar-refractivity contribution in [1.82, 2.24) is 9.88 Å². The molecular formula is C14H22N2O4. The van der Waals surface area contributed by atoms with Crippen molar-refractivity contribution in [3.8, 4) is 0 Å². The van der Waals surface area contributed by atoms with Gasteiger partial charge in [0.25, 0.3) is 5.91 Å². The van der Waals surface area contributed by atoms with Crippen LogP contribution in [0.5, 0.6) is 0 Å². The van der Waals surface area contributed by atoms with Crippen molar-refractivity contribution < 1.29 is 19.4 Å². The van der Waals surface area contributed by atoms with Gasteiger partial charge in [-0.25, -0.2) is 4.79 Å². The minimum Gasteiger partial charge on any atom is -0.462 e. The molecule has 0 aliphatic carbocycles. The number of carbonyl (C=O) groups is 2. The Morgan fingerprint density at radius 1 is 1.30 bits per heavy atom. The number of aromatic nitrogens is 1. The number of carbonyl (C=O) groups excluding carboxylic acids is 2. The molecule has 20 heavy (non-hydrogen) atoms. The van der Waals surface area contributed by atoms with Crippen molar-refractivity contribution in [2.24, 2.45) is 0 Å². The number of rotatable bonds is 6. The van der Waals surface area contributed by atoms with Crippen LogP contribution >= 0.6 is 0 Å². The fourth-order valence-electron chi connectivity index (χ4n) is 2.16. The summed E-state index contributed by atoms with van der Waals surface area (Å²) >= 11 is 0. The van der Waals surface area contributed by atoms with Crippen LogP contribution in [0.4, 0.5) is 0 Å². The highest BCUT2D eigenvalue weighted by molar-refractivity contribution is 6.00. The standard InChI is InChI=1S/C14H22N2O4/c1-5-16(7-8-17)13(18)12-9(3)11(10(4)15-12)14(19)20-6-2/h15,17H,5-8H2,1-4H3. The van der Waals surface area contributed by atoms with Crippen LogP contribution in [0.3, 0.4) is 0 Å². The summed E-state index contributed by atoms with van der Waals surface area (Å²) in [5, 5.41) is 8.97. The molecule has 6 heteroatoms. The van der Waals surface area contributed by atoms with Gasteiger partial charge in [-0.2, -0.15) is 0 Å². The van der Waals surface area contributed by atoms with Crippen LogP contribution < -0.4 is 0 Å². The summed E-state index contributed by atoms with van der Waals surface area (Å²) < 4.78 is 4.99. The van der Waals surface area contributed by atoms with Crippen molar-refractivity contribution >= 4 is 11.9 Å². The fraction of sp³-hybridized carbons (Fsp3) is 0.571. The topological polar surface area (TPSA) is 82.6 Å². The molecule has 1 rings (SSSR count). The maximum Gasteiger partial charge on any atom is 0.340 e. The molecule has 0 fully saturated rings. The lowest BCUT2D eigenvalue weighted by Gasteiger charge is -2.19. The lowest BCUT2D eigenvalue weighted by Crippen LogP contribution is -2.34. The number of nitrogens with zero attached hydrogens (tertiary/aromatic N) is 1. The summed E-state index contributed by atoms with van der Waals surface area (Å²) in [6, 6.07) is 0. The van der Waals surface area contributed by atoms with E-state index in [4.69, 9.17) is 9.84 Å². The smallest absolute Gasteiger partial charge is 0.340 e. The zero-order chi connectivity index (χ0) is 15.3. The first-order valence-electron chi connectivity index (χ1n) is 6.74. The molecule has 0 aliphatic heterocycles. The quantitative estimate of drug-likeness (QED) is 0.770. The van der Waals surface area contributed by atoms with Gasteiger partial charge in [0.05, 0.1) is 18.8 Å². The van der Waals surface area contributed by atoms with Crippen molar-refractivity contribution in [2.45, 2.75) is 27.7 Å². The molecule has 2 N–H and O–H groups in total. The molecular weight excluding hydrogens is 260 g/mol. The molecule has 0 spiro atoms. The van der Waals surface area contributed by atoms with Gasteiger partial charge < -0.3 is 19.7 Å². The van der Waals surface area contributed by atoms with Crippen molar-refractivity contribution in [2.75, 3.05) is 26.3 Å². The number of aromatic amines is 1. The molecule has 0 atom stereocenters. The molecule has 1 aromatic heterocycles. The number of nitrogens with one attached hydrogen (secondary N) is 1. The Kier molecular flexibility index (Phi) is 5.76. The van der Waals surface area contributed by atoms with E-state index in [-0.39, 0.29) is 25.7 Å². The number of aliphatic hydroxyl groups excluding tert-OH is 1. The number of hydrogen-bond donors (Lipinski definition) is 2. The average Bonchev–Trinajstić information content (AvgIpc) is 2.70. The third kappa shape index (κ3) is 3.19. The molecule has 0 saturated carbocycles. The lowest BCUT2D eigenvalue weighted by atomic mass is 10.1. The number of likely N-dealkylation sites (N-methyl/N-ethyl adjacent to an activating group) is 1. The normalized spacial score (nSPS) is 10.4. The first-order chi connectivity index (χ1) is 9.47. The molecule has 0 aliphatic rings. The number of ether oxygens (including phenoxy) is 1. The second kappa shape index (κ2) is 7.09. The molecule has 0 radical (unpaired) electrons. The van der Waals surface area contributed by atoms with Gasteiger partial charge in [-0.3, -0.25) is 4.79 Å². The third-order valence-electron chi connectivity index (χ3n) is 3.17. The largest absolute Gasteiger partial charge is 0.462 e. The minimum atomic E-state index is -0.428. The van der Waals surface area contributed by atoms with Crippen LogP contribution in [0.15, 0.2) is 0 Å². The summed E-state index contributed by atoms with van der Waals surface area (Å²) in [5.74, 6) is -0.652. The van der Waals surface area contributed by atoms with Gasteiger partial charge in [0.2, 0.25) is 0 Å². The first-order valence-corrected chi connectivity index (χ1v) is 6.74. The Morgan fingerprint density at radius 3 is 2.45 bits per heavy atom. The van der Waals surface area contributed by atoms with Crippen LogP contribution in [0.1, 0.15) is 46.0 Å². The van der Waals surface area contributed by atoms with E-state index < -0.39 is 5.97 Å². The van der Waals surface area contributed by atoms with E-state index in [9.17, 15) is 9.59 Å². The molecule has 112 valence electrons. The predicted molar refractivity (Wildman–Crippen MR) is 74.9 cm³/mol. The van der Waals surface area contributed by atoms with Gasteiger partial charge in [0.15, 0.2) is 0 Å². The van der Waals surface area contributed by atoms with E-state index in [0.29, 0.717) is 29.1 Å². The highest BCUT2D eigenvalue weighted by atomic mass is 16.5. The van der Waals surface area contributed by atoms with E-state index in [1.165, 1.54) is 4.90 Å². The van der Waals surface area contributed by atoms with E-state index in [0.717, 1.165) is 0 Å². The van der Waals surface area contributed by atoms with Crippen LogP contribution in [0, 0.1) is 13.8 Å². The van der Waals surface area contributed by atoms with E-state index in [2.05, 4.69) is 4.98 Å². The molecule has 1 heterocycles. The first kappa shape index (κ1) is 16.2. The van der Waals surface area contributed by atoms with E-state index >= 15 is 0 Å². The third-order valence-corrected chi connectivity index (χ3v) is 3.17. The summed E-state index contributed by atoms with van der Waals surface area (Å²) in [7, 11) is 0. The lowest BCUT2D eigenvalue weighted by molar-refractivity contribution is 0.0525. The van der Waals surface area contributed by atoms with Crippen molar-refractivity contribution in [3.63, 3.8) is 0 Å². The number of amides is 1. The molecule has 0 saturated heterocycles. The predicted octanol–water partition coefficient (Wildman–Crippen LogP) is 1.26. The molecule has 6 nitrogen and oxygen atoms in total. The maximum atomic E-state index is 12.4. The average molecular weight is 282 g/mol. The Balaban J connectivity index is 3.12. The van der Waals surface area contributed by atoms with E-state index in [1.54, 1.807) is 20.8 Å². The Bertz CT molecular complexity index is 494. The number of aryl methyl sites for hydroxylation is 1. The summed E-state index contributed by atoms with van der Waals surface area (Å²) in [6.45, 7) is 7.98. The minimum absolute atomic E-state index is 0.0942. The zero-order valence-corrected chi connectivity index (χ0v) is 12.4. The monoisotopic (exact) mass is 282 g/mol. The van der Waals surface area contributed by atoms with Gasteiger partial charge in [-0.05, 0) is 33.3 Å². The SMILES string of the molecule is CCOC(=O)c1c(C)[nH]c(C(=O)N(CC)CCO)c1C. The van der Waals surface area contributed by atoms with Crippen molar-refractivity contribution in [1.29, 1.82) is 0 Å². The highest BCUT2D eigenvalue weighted by Crippen LogP contribution is 2.20. The molecule has 1 aromatic rings. The molecule has 1 amide bonds. The highest BCUT2D eigenvalue weighted by Gasteiger charge is 2.25. The Hall–Kier alpha value is -1.82. The van der Waals surface area contributed by atoms with Crippen molar-refractivity contribution in [3.05, 3.63) is 22.5 Å². The molecule has 0 unspecified atom stereocenters. The van der Waals surface area contributed by atoms with Crippen LogP contribution in [-0.2, 0) is 4.74 Å². The number of H-pyrrole nitrogens is 1. The van der Waals surface area contributed by atoms with Crippen LogP contribution in [0.2, 0.25) is 0 Å². The number of hydrogen-bond acceptors (Lipinski definition) is 4. The van der Waals surface area contributed by atoms with Gasteiger partial charge in [-0.15, -0.1) is 0 Å². The number of esters is 1. The Morgan fingerprint density at radius 2 is 1.95 bits per heavy atom. The zero-order valence-electron chi connectivity index (χ0n) is 12.4. The van der Waals surface area contributed by atoms with Crippen LogP contribution in [0.25, 0.3) is 0 Å². The van der Waals surface area contributed by atoms with Gasteiger partial charge in [-0.1, -0.05) is 0 Å². The van der Waals surface area contributed by atoms with Gasteiger partial charge in [0, 0.05) is 18.8 Å². The second-order valence-corrected chi connectivity index (χ2v) is 4.45.